The second-order valence-electron chi connectivity index (χ2n) is 6.32. The Balaban J connectivity index is 1.63. The van der Waals surface area contributed by atoms with Crippen LogP contribution in [0.2, 0.25) is 5.02 Å². The van der Waals surface area contributed by atoms with Crippen molar-refractivity contribution in [1.29, 1.82) is 0 Å². The van der Waals surface area contributed by atoms with Crippen LogP contribution in [0, 0.1) is 0 Å². The Morgan fingerprint density at radius 2 is 1.96 bits per heavy atom. The van der Waals surface area contributed by atoms with Gasteiger partial charge in [-0.15, -0.1) is 0 Å². The number of nitrogens with zero attached hydrogens (tertiary/aromatic N) is 2. The minimum absolute atomic E-state index is 0.00715. The van der Waals surface area contributed by atoms with Gasteiger partial charge in [0, 0.05) is 44.3 Å². The molecule has 0 spiro atoms. The smallest absolute Gasteiger partial charge is 0.279 e. The van der Waals surface area contributed by atoms with Crippen molar-refractivity contribution < 1.29 is 13.2 Å². The van der Waals surface area contributed by atoms with Crippen molar-refractivity contribution in [2.24, 2.45) is 0 Å². The summed E-state index contributed by atoms with van der Waals surface area (Å²) in [6.07, 6.45) is 0.785. The lowest BCUT2D eigenvalue weighted by Gasteiger charge is -2.35. The van der Waals surface area contributed by atoms with E-state index in [9.17, 15) is 8.42 Å². The first-order valence-electron chi connectivity index (χ1n) is 7.66. The molecular formula is C15H22ClN3O3S. The predicted molar refractivity (Wildman–Crippen MR) is 89.7 cm³/mol. The van der Waals surface area contributed by atoms with E-state index in [1.165, 1.54) is 18.4 Å². The van der Waals surface area contributed by atoms with E-state index >= 15 is 0 Å². The molecule has 23 heavy (non-hydrogen) atoms. The Kier molecular flexibility index (Phi) is 4.96. The second-order valence-corrected chi connectivity index (χ2v) is 8.67. The largest absolute Gasteiger partial charge is 0.371 e. The molecule has 2 heterocycles. The summed E-state index contributed by atoms with van der Waals surface area (Å²) in [6, 6.07) is 7.90. The Hall–Kier alpha value is -0.700. The maximum absolute atomic E-state index is 12.0. The molecule has 0 bridgehead atoms. The van der Waals surface area contributed by atoms with Gasteiger partial charge in [-0.25, -0.2) is 0 Å². The molecule has 2 fully saturated rings. The van der Waals surface area contributed by atoms with Crippen molar-refractivity contribution in [3.63, 3.8) is 0 Å². The molecule has 1 aromatic carbocycles. The van der Waals surface area contributed by atoms with Gasteiger partial charge in [0.2, 0.25) is 0 Å². The van der Waals surface area contributed by atoms with E-state index in [2.05, 4.69) is 9.62 Å². The molecule has 3 atom stereocenters. The molecule has 0 saturated carbocycles. The van der Waals surface area contributed by atoms with Crippen LogP contribution in [0.5, 0.6) is 0 Å². The quantitative estimate of drug-likeness (QED) is 0.879. The maximum atomic E-state index is 12.0. The summed E-state index contributed by atoms with van der Waals surface area (Å²) in [5, 5.41) is 0.710. The van der Waals surface area contributed by atoms with Crippen molar-refractivity contribution in [2.45, 2.75) is 24.6 Å². The molecule has 0 amide bonds. The standard InChI is InChI=1S/C15H22ClN3O3S/c1-18(2)23(20,21)17-13-7-14-10-22-15(9-19(14)8-13)11-3-5-12(16)6-4-11/h3-6,13-15,17H,7-10H2,1-2H3/t13-,14+,15-/m1/s1. The second kappa shape index (κ2) is 6.66. The van der Waals surface area contributed by atoms with Crippen molar-refractivity contribution in [2.75, 3.05) is 33.8 Å². The molecular weight excluding hydrogens is 338 g/mol. The van der Waals surface area contributed by atoms with Crippen molar-refractivity contribution in [3.05, 3.63) is 34.9 Å². The molecule has 0 aromatic heterocycles. The lowest BCUT2D eigenvalue weighted by atomic mass is 10.1. The minimum atomic E-state index is -3.39. The molecule has 2 saturated heterocycles. The van der Waals surface area contributed by atoms with Crippen LogP contribution in [0.25, 0.3) is 0 Å². The van der Waals surface area contributed by atoms with Gasteiger partial charge < -0.3 is 4.74 Å². The van der Waals surface area contributed by atoms with Gasteiger partial charge in [0.25, 0.3) is 10.2 Å². The van der Waals surface area contributed by atoms with Crippen LogP contribution in [0.3, 0.4) is 0 Å². The molecule has 0 unspecified atom stereocenters. The van der Waals surface area contributed by atoms with Crippen LogP contribution in [0.4, 0.5) is 0 Å². The number of morpholine rings is 1. The van der Waals surface area contributed by atoms with E-state index in [1.807, 2.05) is 24.3 Å². The summed E-state index contributed by atoms with van der Waals surface area (Å²) in [6.45, 7) is 2.10. The Bertz CT molecular complexity index is 650. The van der Waals surface area contributed by atoms with Gasteiger partial charge in [-0.3, -0.25) is 4.90 Å². The average molecular weight is 360 g/mol. The van der Waals surface area contributed by atoms with E-state index < -0.39 is 10.2 Å². The van der Waals surface area contributed by atoms with Gasteiger partial charge in [0.1, 0.15) is 0 Å². The van der Waals surface area contributed by atoms with Crippen LogP contribution >= 0.6 is 11.6 Å². The van der Waals surface area contributed by atoms with Gasteiger partial charge in [0.05, 0.1) is 12.7 Å². The minimum Gasteiger partial charge on any atom is -0.371 e. The third kappa shape index (κ3) is 3.87. The van der Waals surface area contributed by atoms with Crippen LogP contribution in [-0.2, 0) is 14.9 Å². The predicted octanol–water partition coefficient (Wildman–Crippen LogP) is 1.25. The van der Waals surface area contributed by atoms with E-state index in [0.29, 0.717) is 18.2 Å². The summed E-state index contributed by atoms with van der Waals surface area (Å²) in [7, 11) is -0.330. The molecule has 2 aliphatic rings. The lowest BCUT2D eigenvalue weighted by molar-refractivity contribution is -0.0502. The normalized spacial score (nSPS) is 29.0. The number of rotatable bonds is 4. The number of benzene rings is 1. The van der Waals surface area contributed by atoms with E-state index in [4.69, 9.17) is 16.3 Å². The number of hydrogen-bond acceptors (Lipinski definition) is 4. The molecule has 0 radical (unpaired) electrons. The summed E-state index contributed by atoms with van der Waals surface area (Å²) in [5.74, 6) is 0. The fraction of sp³-hybridized carbons (Fsp3) is 0.600. The summed E-state index contributed by atoms with van der Waals surface area (Å²) in [4.78, 5) is 2.31. The average Bonchev–Trinajstić information content (AvgIpc) is 2.88. The lowest BCUT2D eigenvalue weighted by Crippen LogP contribution is -2.44. The van der Waals surface area contributed by atoms with Gasteiger partial charge >= 0.3 is 0 Å². The van der Waals surface area contributed by atoms with Crippen molar-refractivity contribution >= 4 is 21.8 Å². The highest BCUT2D eigenvalue weighted by Gasteiger charge is 2.39. The van der Waals surface area contributed by atoms with Crippen LogP contribution < -0.4 is 4.72 Å². The molecule has 3 rings (SSSR count). The maximum Gasteiger partial charge on any atom is 0.279 e. The van der Waals surface area contributed by atoms with Gasteiger partial charge in [-0.2, -0.15) is 17.4 Å². The number of ether oxygens (including phenoxy) is 1. The van der Waals surface area contributed by atoms with Gasteiger partial charge in [0.15, 0.2) is 0 Å². The molecule has 1 aromatic rings. The number of nitrogens with one attached hydrogen (secondary N) is 1. The summed E-state index contributed by atoms with van der Waals surface area (Å²) >= 11 is 5.93. The topological polar surface area (TPSA) is 61.9 Å². The molecule has 0 aliphatic carbocycles. The van der Waals surface area contributed by atoms with Crippen LogP contribution in [0.15, 0.2) is 24.3 Å². The highest BCUT2D eigenvalue weighted by molar-refractivity contribution is 7.87. The van der Waals surface area contributed by atoms with E-state index in [0.717, 1.165) is 18.5 Å². The fourth-order valence-electron chi connectivity index (χ4n) is 3.15. The summed E-state index contributed by atoms with van der Waals surface area (Å²) < 4.78 is 33.9. The molecule has 2 aliphatic heterocycles. The zero-order valence-electron chi connectivity index (χ0n) is 13.3. The zero-order chi connectivity index (χ0) is 16.6. The van der Waals surface area contributed by atoms with Crippen molar-refractivity contribution in [1.82, 2.24) is 13.9 Å². The monoisotopic (exact) mass is 359 g/mol. The van der Waals surface area contributed by atoms with Gasteiger partial charge in [-0.1, -0.05) is 23.7 Å². The first kappa shape index (κ1) is 17.1. The molecule has 8 heteroatoms. The highest BCUT2D eigenvalue weighted by atomic mass is 35.5. The Morgan fingerprint density at radius 1 is 1.26 bits per heavy atom. The van der Waals surface area contributed by atoms with Crippen molar-refractivity contribution in [3.8, 4) is 0 Å². The first-order valence-corrected chi connectivity index (χ1v) is 9.48. The molecule has 128 valence electrons. The third-order valence-electron chi connectivity index (χ3n) is 4.46. The van der Waals surface area contributed by atoms with Gasteiger partial charge in [-0.05, 0) is 24.1 Å². The Labute approximate surface area is 142 Å². The van der Waals surface area contributed by atoms with Crippen LogP contribution in [0.1, 0.15) is 18.1 Å². The van der Waals surface area contributed by atoms with E-state index in [-0.39, 0.29) is 18.2 Å². The van der Waals surface area contributed by atoms with E-state index in [1.54, 1.807) is 0 Å². The third-order valence-corrected chi connectivity index (χ3v) is 6.30. The molecule has 1 N–H and O–H groups in total. The number of fused-ring (bicyclic) bond motifs is 1. The fourth-order valence-corrected chi connectivity index (χ4v) is 4.08. The highest BCUT2D eigenvalue weighted by Crippen LogP contribution is 2.31. The first-order chi connectivity index (χ1) is 10.8. The zero-order valence-corrected chi connectivity index (χ0v) is 14.8. The summed E-state index contributed by atoms with van der Waals surface area (Å²) in [5.41, 5.74) is 1.10. The number of hydrogen-bond donors (Lipinski definition) is 1. The SMILES string of the molecule is CN(C)S(=O)(=O)N[C@@H]1C[C@H]2CO[C@@H](c3ccc(Cl)cc3)CN2C1. The Morgan fingerprint density at radius 3 is 2.61 bits per heavy atom. The van der Waals surface area contributed by atoms with Crippen LogP contribution in [-0.4, -0.2) is 63.5 Å². The number of halogens is 1. The molecule has 6 nitrogen and oxygen atoms in total.